The van der Waals surface area contributed by atoms with Crippen LogP contribution >= 0.6 is 11.6 Å². The first kappa shape index (κ1) is 15.6. The van der Waals surface area contributed by atoms with Gasteiger partial charge in [0.05, 0.1) is 22.2 Å². The summed E-state index contributed by atoms with van der Waals surface area (Å²) >= 11 is 5.79. The first-order valence-corrected chi connectivity index (χ1v) is 7.94. The lowest BCUT2D eigenvalue weighted by Gasteiger charge is -2.10. The van der Waals surface area contributed by atoms with E-state index in [0.29, 0.717) is 17.3 Å². The minimum absolute atomic E-state index is 0.0570. The Kier molecular flexibility index (Phi) is 4.72. The second-order valence-electron chi connectivity index (χ2n) is 4.42. The molecule has 0 aliphatic carbocycles. The molecule has 0 bridgehead atoms. The van der Waals surface area contributed by atoms with E-state index in [1.54, 1.807) is 25.3 Å². The molecule has 0 aromatic heterocycles. The molecule has 2 aromatic rings. The Balaban J connectivity index is 2.28. The fourth-order valence-corrected chi connectivity index (χ4v) is 3.00. The van der Waals surface area contributed by atoms with E-state index >= 15 is 0 Å². The third-order valence-corrected chi connectivity index (χ3v) is 4.49. The van der Waals surface area contributed by atoms with E-state index in [1.807, 2.05) is 6.07 Å². The van der Waals surface area contributed by atoms with Gasteiger partial charge in [-0.1, -0.05) is 23.7 Å². The summed E-state index contributed by atoms with van der Waals surface area (Å²) in [6, 6.07) is 11.1. The Bertz CT molecular complexity index is 748. The van der Waals surface area contributed by atoms with Crippen LogP contribution in [-0.2, 0) is 21.4 Å². The van der Waals surface area contributed by atoms with Crippen molar-refractivity contribution in [1.82, 2.24) is 0 Å². The van der Waals surface area contributed by atoms with Crippen molar-refractivity contribution >= 4 is 33.0 Å². The molecule has 0 spiro atoms. The van der Waals surface area contributed by atoms with Crippen molar-refractivity contribution in [1.29, 1.82) is 0 Å². The van der Waals surface area contributed by atoms with Gasteiger partial charge in [-0.25, -0.2) is 8.42 Å². The van der Waals surface area contributed by atoms with Crippen LogP contribution in [0.5, 0.6) is 0 Å². The van der Waals surface area contributed by atoms with Gasteiger partial charge in [-0.2, -0.15) is 0 Å². The molecule has 0 heterocycles. The standard InChI is InChI=1S/C14H15ClN2O3S/c1-20-9-10-3-2-4-11(7-10)17-21(18,19)12-5-6-13(15)14(16)8-12/h2-8,17H,9,16H2,1H3. The van der Waals surface area contributed by atoms with Gasteiger partial charge in [-0.3, -0.25) is 4.72 Å². The Morgan fingerprint density at radius 1 is 1.24 bits per heavy atom. The first-order chi connectivity index (χ1) is 9.92. The number of ether oxygens (including phenoxy) is 1. The molecular weight excluding hydrogens is 312 g/mol. The molecule has 0 amide bonds. The molecule has 2 aromatic carbocycles. The number of methoxy groups -OCH3 is 1. The SMILES string of the molecule is COCc1cccc(NS(=O)(=O)c2ccc(Cl)c(N)c2)c1. The molecule has 0 saturated carbocycles. The van der Waals surface area contributed by atoms with Gasteiger partial charge in [0.2, 0.25) is 0 Å². The molecular formula is C14H15ClN2O3S. The Hall–Kier alpha value is -1.76. The summed E-state index contributed by atoms with van der Waals surface area (Å²) in [5, 5.41) is 0.316. The number of halogens is 1. The van der Waals surface area contributed by atoms with E-state index in [2.05, 4.69) is 4.72 Å². The van der Waals surface area contributed by atoms with Crippen molar-refractivity contribution < 1.29 is 13.2 Å². The quantitative estimate of drug-likeness (QED) is 0.828. The largest absolute Gasteiger partial charge is 0.397 e. The maximum absolute atomic E-state index is 12.3. The fraction of sp³-hybridized carbons (Fsp3) is 0.143. The zero-order chi connectivity index (χ0) is 15.5. The van der Waals surface area contributed by atoms with Gasteiger partial charge in [-0.05, 0) is 35.9 Å². The van der Waals surface area contributed by atoms with E-state index in [-0.39, 0.29) is 10.6 Å². The van der Waals surface area contributed by atoms with Gasteiger partial charge in [0.1, 0.15) is 0 Å². The van der Waals surface area contributed by atoms with Crippen LogP contribution in [0.3, 0.4) is 0 Å². The van der Waals surface area contributed by atoms with Crippen LogP contribution in [0.2, 0.25) is 5.02 Å². The third kappa shape index (κ3) is 3.87. The van der Waals surface area contributed by atoms with Crippen molar-refractivity contribution in [2.75, 3.05) is 17.6 Å². The molecule has 0 radical (unpaired) electrons. The summed E-state index contributed by atoms with van der Waals surface area (Å²) in [4.78, 5) is 0.0570. The van der Waals surface area contributed by atoms with Gasteiger partial charge < -0.3 is 10.5 Å². The summed E-state index contributed by atoms with van der Waals surface area (Å²) < 4.78 is 32.1. The highest BCUT2D eigenvalue weighted by atomic mass is 35.5. The van der Waals surface area contributed by atoms with Gasteiger partial charge in [0.25, 0.3) is 10.0 Å². The zero-order valence-electron chi connectivity index (χ0n) is 11.3. The number of benzene rings is 2. The van der Waals surface area contributed by atoms with Crippen molar-refractivity contribution in [2.24, 2.45) is 0 Å². The highest BCUT2D eigenvalue weighted by Crippen LogP contribution is 2.24. The molecule has 0 atom stereocenters. The number of nitrogens with two attached hydrogens (primary N) is 1. The number of anilines is 2. The number of nitrogens with one attached hydrogen (secondary N) is 1. The molecule has 21 heavy (non-hydrogen) atoms. The van der Waals surface area contributed by atoms with Crippen molar-refractivity contribution in [3.63, 3.8) is 0 Å². The van der Waals surface area contributed by atoms with Crippen molar-refractivity contribution in [3.8, 4) is 0 Å². The van der Waals surface area contributed by atoms with E-state index < -0.39 is 10.0 Å². The van der Waals surface area contributed by atoms with Crippen molar-refractivity contribution in [2.45, 2.75) is 11.5 Å². The van der Waals surface area contributed by atoms with Gasteiger partial charge >= 0.3 is 0 Å². The average Bonchev–Trinajstić information content (AvgIpc) is 2.42. The molecule has 0 saturated heterocycles. The molecule has 5 nitrogen and oxygen atoms in total. The lowest BCUT2D eigenvalue weighted by Crippen LogP contribution is -2.13. The predicted molar refractivity (Wildman–Crippen MR) is 83.8 cm³/mol. The molecule has 2 rings (SSSR count). The average molecular weight is 327 g/mol. The van der Waals surface area contributed by atoms with Crippen LogP contribution in [0.1, 0.15) is 5.56 Å². The maximum atomic E-state index is 12.3. The molecule has 7 heteroatoms. The Morgan fingerprint density at radius 3 is 2.67 bits per heavy atom. The molecule has 0 aliphatic heterocycles. The monoisotopic (exact) mass is 326 g/mol. The van der Waals surface area contributed by atoms with Crippen molar-refractivity contribution in [3.05, 3.63) is 53.1 Å². The summed E-state index contributed by atoms with van der Waals surface area (Å²) in [6.45, 7) is 0.406. The van der Waals surface area contributed by atoms with Crippen LogP contribution in [0, 0.1) is 0 Å². The Labute approximate surface area is 128 Å². The summed E-state index contributed by atoms with van der Waals surface area (Å²) in [5.74, 6) is 0. The van der Waals surface area contributed by atoms with Gasteiger partial charge in [0.15, 0.2) is 0 Å². The fourth-order valence-electron chi connectivity index (χ4n) is 1.79. The normalized spacial score (nSPS) is 11.3. The molecule has 0 fully saturated rings. The third-order valence-electron chi connectivity index (χ3n) is 2.77. The maximum Gasteiger partial charge on any atom is 0.261 e. The lowest BCUT2D eigenvalue weighted by atomic mass is 10.2. The second-order valence-corrected chi connectivity index (χ2v) is 6.51. The van der Waals surface area contributed by atoms with Crippen LogP contribution < -0.4 is 10.5 Å². The predicted octanol–water partition coefficient (Wildman–Crippen LogP) is 2.87. The van der Waals surface area contributed by atoms with E-state index in [4.69, 9.17) is 22.1 Å². The minimum atomic E-state index is -3.71. The Morgan fingerprint density at radius 2 is 2.00 bits per heavy atom. The molecule has 112 valence electrons. The number of hydrogen-bond donors (Lipinski definition) is 2. The van der Waals surface area contributed by atoms with E-state index in [9.17, 15) is 8.42 Å². The molecule has 3 N–H and O–H groups in total. The molecule has 0 unspecified atom stereocenters. The molecule has 0 aliphatic rings. The van der Waals surface area contributed by atoms with Crippen LogP contribution in [-0.4, -0.2) is 15.5 Å². The number of sulfonamides is 1. The van der Waals surface area contributed by atoms with E-state index in [0.717, 1.165) is 5.56 Å². The minimum Gasteiger partial charge on any atom is -0.397 e. The number of nitrogen functional groups attached to an aromatic ring is 1. The van der Waals surface area contributed by atoms with E-state index in [1.165, 1.54) is 18.2 Å². The van der Waals surface area contributed by atoms with Gasteiger partial charge in [-0.15, -0.1) is 0 Å². The highest BCUT2D eigenvalue weighted by Gasteiger charge is 2.15. The number of rotatable bonds is 5. The van der Waals surface area contributed by atoms with Crippen LogP contribution in [0.4, 0.5) is 11.4 Å². The number of hydrogen-bond acceptors (Lipinski definition) is 4. The lowest BCUT2D eigenvalue weighted by molar-refractivity contribution is 0.185. The highest BCUT2D eigenvalue weighted by molar-refractivity contribution is 7.92. The first-order valence-electron chi connectivity index (χ1n) is 6.08. The smallest absolute Gasteiger partial charge is 0.261 e. The summed E-state index contributed by atoms with van der Waals surface area (Å²) in [7, 11) is -2.14. The topological polar surface area (TPSA) is 81.4 Å². The second kappa shape index (κ2) is 6.34. The van der Waals surface area contributed by atoms with Crippen LogP contribution in [0.15, 0.2) is 47.4 Å². The van der Waals surface area contributed by atoms with Gasteiger partial charge in [0, 0.05) is 12.8 Å². The summed E-state index contributed by atoms with van der Waals surface area (Å²) in [6.07, 6.45) is 0. The zero-order valence-corrected chi connectivity index (χ0v) is 12.9. The van der Waals surface area contributed by atoms with Crippen LogP contribution in [0.25, 0.3) is 0 Å². The summed E-state index contributed by atoms with van der Waals surface area (Å²) in [5.41, 5.74) is 7.17.